The molecule has 0 aliphatic heterocycles. The van der Waals surface area contributed by atoms with E-state index in [9.17, 15) is 19.0 Å². The highest BCUT2D eigenvalue weighted by molar-refractivity contribution is 7.47. The molecule has 0 fully saturated rings. The highest BCUT2D eigenvalue weighted by Crippen LogP contribution is 2.43. The minimum atomic E-state index is -4.40. The molecule has 2 atom stereocenters. The second-order valence-corrected chi connectivity index (χ2v) is 26.7. The molecular weight excluding hydrogens is 1110 g/mol. The molecule has 0 saturated heterocycles. The summed E-state index contributed by atoms with van der Waals surface area (Å²) in [6, 6.07) is 0. The average molecular weight is 1250 g/mol. The Labute approximate surface area is 543 Å². The van der Waals surface area contributed by atoms with Crippen LogP contribution in [0.2, 0.25) is 0 Å². The van der Waals surface area contributed by atoms with Crippen LogP contribution in [0.5, 0.6) is 0 Å². The van der Waals surface area contributed by atoms with Crippen LogP contribution in [0.4, 0.5) is 0 Å². The second kappa shape index (κ2) is 67.8. The van der Waals surface area contributed by atoms with Crippen molar-refractivity contribution in [2.24, 2.45) is 0 Å². The fourth-order valence-electron chi connectivity index (χ4n) is 10.0. The number of hydrogen-bond donors (Lipinski definition) is 1. The van der Waals surface area contributed by atoms with Crippen molar-refractivity contribution in [1.82, 2.24) is 0 Å². The average Bonchev–Trinajstić information content (AvgIpc) is 3.58. The van der Waals surface area contributed by atoms with Crippen LogP contribution in [-0.4, -0.2) is 74.9 Å². The van der Waals surface area contributed by atoms with Crippen molar-refractivity contribution in [2.45, 2.75) is 315 Å². The number of carbonyl (C=O) groups excluding carboxylic acids is 2. The van der Waals surface area contributed by atoms with Gasteiger partial charge in [0.1, 0.15) is 19.8 Å². The molecule has 0 heterocycles. The number of phosphoric ester groups is 1. The normalized spacial score (nSPS) is 13.8. The Bertz CT molecular complexity index is 1900. The van der Waals surface area contributed by atoms with Crippen LogP contribution in [0.25, 0.3) is 0 Å². The van der Waals surface area contributed by atoms with Crippen molar-refractivity contribution in [1.29, 1.82) is 0 Å². The van der Waals surface area contributed by atoms with Crippen molar-refractivity contribution < 1.29 is 42.1 Å². The van der Waals surface area contributed by atoms with Crippen LogP contribution in [0.3, 0.4) is 0 Å². The van der Waals surface area contributed by atoms with Crippen LogP contribution in [0.15, 0.2) is 122 Å². The molecule has 0 amide bonds. The number of quaternary nitrogens is 1. The first-order valence-corrected chi connectivity index (χ1v) is 37.8. The third-order valence-electron chi connectivity index (χ3n) is 15.5. The van der Waals surface area contributed by atoms with Gasteiger partial charge in [-0.1, -0.05) is 315 Å². The lowest BCUT2D eigenvalue weighted by atomic mass is 10.0. The van der Waals surface area contributed by atoms with Crippen molar-refractivity contribution in [2.75, 3.05) is 47.5 Å². The zero-order valence-corrected chi connectivity index (χ0v) is 58.6. The Morgan fingerprint density at radius 2 is 0.614 bits per heavy atom. The summed E-state index contributed by atoms with van der Waals surface area (Å²) in [5.41, 5.74) is 0. The molecule has 0 aromatic carbocycles. The maximum absolute atomic E-state index is 12.9. The lowest BCUT2D eigenvalue weighted by Gasteiger charge is -2.24. The number of carbonyl (C=O) groups is 2. The summed E-state index contributed by atoms with van der Waals surface area (Å²) >= 11 is 0. The van der Waals surface area contributed by atoms with Gasteiger partial charge in [0, 0.05) is 12.8 Å². The first-order valence-electron chi connectivity index (χ1n) is 36.3. The number of esters is 2. The molecule has 0 rings (SSSR count). The summed E-state index contributed by atoms with van der Waals surface area (Å²) < 4.78 is 34.7. The van der Waals surface area contributed by atoms with Gasteiger partial charge in [-0.2, -0.15) is 0 Å². The van der Waals surface area contributed by atoms with Crippen LogP contribution >= 0.6 is 7.82 Å². The monoisotopic (exact) mass is 1250 g/mol. The van der Waals surface area contributed by atoms with E-state index < -0.39 is 26.5 Å². The number of phosphoric acid groups is 1. The summed E-state index contributed by atoms with van der Waals surface area (Å²) in [6.45, 7) is 4.23. The maximum atomic E-state index is 12.9. The van der Waals surface area contributed by atoms with Crippen molar-refractivity contribution >= 4 is 19.8 Å². The van der Waals surface area contributed by atoms with Crippen LogP contribution < -0.4 is 0 Å². The number of rotatable bonds is 66. The molecule has 0 aromatic heterocycles. The molecule has 0 aromatic rings. The first-order chi connectivity index (χ1) is 43.0. The van der Waals surface area contributed by atoms with Gasteiger partial charge in [-0.25, -0.2) is 4.57 Å². The molecule has 0 saturated carbocycles. The lowest BCUT2D eigenvalue weighted by molar-refractivity contribution is -0.870. The third-order valence-corrected chi connectivity index (χ3v) is 16.5. The molecule has 10 heteroatoms. The molecule has 506 valence electrons. The van der Waals surface area contributed by atoms with E-state index >= 15 is 0 Å². The van der Waals surface area contributed by atoms with E-state index in [1.165, 1.54) is 173 Å². The summed E-state index contributed by atoms with van der Waals surface area (Å²) in [4.78, 5) is 35.9. The zero-order chi connectivity index (χ0) is 64.1. The number of nitrogens with zero attached hydrogens (tertiary/aromatic N) is 1. The Balaban J connectivity index is 3.96. The zero-order valence-electron chi connectivity index (χ0n) is 57.7. The summed E-state index contributed by atoms with van der Waals surface area (Å²) in [7, 11) is 1.48. The molecule has 0 spiro atoms. The predicted molar refractivity (Wildman–Crippen MR) is 381 cm³/mol. The smallest absolute Gasteiger partial charge is 0.462 e. The van der Waals surface area contributed by atoms with Gasteiger partial charge in [-0.05, 0) is 103 Å². The molecule has 1 N–H and O–H groups in total. The van der Waals surface area contributed by atoms with Gasteiger partial charge in [0.05, 0.1) is 27.7 Å². The quantitative estimate of drug-likeness (QED) is 0.0211. The van der Waals surface area contributed by atoms with Gasteiger partial charge in [0.2, 0.25) is 0 Å². The lowest BCUT2D eigenvalue weighted by Crippen LogP contribution is -2.37. The largest absolute Gasteiger partial charge is 0.472 e. The standard InChI is InChI=1S/C78H136NO8P/c1-6-8-10-12-14-16-18-20-22-24-26-28-30-31-32-33-34-35-36-37-38-39-40-41-42-43-44-45-46-47-49-51-53-55-57-59-61-63-65-67-69-71-78(81)87-76(75-86-88(82,83)85-73-72-79(3,4)5)74-84-77(80)70-68-66-64-62-60-58-56-54-52-50-48-29-27-25-23-21-19-17-15-13-11-9-7-2/h8-11,14-17,20-23,26-29,31-32,34-35,76H,6-7,12-13,18-19,24-25,30,33,36-75H2,1-5H3/p+1/b10-8-,11-9-,16-14-,17-15-,22-20-,23-21-,28-26-,29-27-,32-31-,35-34-. The molecule has 9 nitrogen and oxygen atoms in total. The van der Waals surface area contributed by atoms with Gasteiger partial charge < -0.3 is 18.9 Å². The van der Waals surface area contributed by atoms with Crippen molar-refractivity contribution in [3.05, 3.63) is 122 Å². The molecule has 0 aliphatic carbocycles. The van der Waals surface area contributed by atoms with Crippen LogP contribution in [0, 0.1) is 0 Å². The van der Waals surface area contributed by atoms with E-state index in [4.69, 9.17) is 18.5 Å². The third kappa shape index (κ3) is 71.5. The molecule has 88 heavy (non-hydrogen) atoms. The molecular formula is C78H137NO8P+. The Morgan fingerprint density at radius 1 is 0.352 bits per heavy atom. The maximum Gasteiger partial charge on any atom is 0.472 e. The number of likely N-dealkylation sites (N-methyl/N-ethyl adjacent to an activating group) is 1. The minimum Gasteiger partial charge on any atom is -0.462 e. The van der Waals surface area contributed by atoms with E-state index in [2.05, 4.69) is 135 Å². The summed E-state index contributed by atoms with van der Waals surface area (Å²) in [6.07, 6.45) is 97.5. The molecule has 0 aliphatic rings. The highest BCUT2D eigenvalue weighted by Gasteiger charge is 2.27. The molecule has 0 bridgehead atoms. The van der Waals surface area contributed by atoms with Crippen LogP contribution in [0.1, 0.15) is 309 Å². The number of allylic oxidation sites excluding steroid dienone is 20. The van der Waals surface area contributed by atoms with E-state index in [-0.39, 0.29) is 32.0 Å². The number of ether oxygens (including phenoxy) is 2. The SMILES string of the molecule is CC/C=C\C/C=C\C/C=C\C/C=C\C/C=C\C/C=C\CCCCCCCCCCCCCCCCCCCCCCCCC(=O)OC(COC(=O)CCCCCCCCCCCC/C=C\C/C=C\C/C=C\C/C=C\CC)COP(=O)(O)OCC[N+](C)(C)C. The van der Waals surface area contributed by atoms with Gasteiger partial charge >= 0.3 is 19.8 Å². The number of unbranched alkanes of at least 4 members (excludes halogenated alkanes) is 32. The first kappa shape index (κ1) is 84.4. The van der Waals surface area contributed by atoms with E-state index in [1.54, 1.807) is 0 Å². The fourth-order valence-corrected chi connectivity index (χ4v) is 10.8. The van der Waals surface area contributed by atoms with E-state index in [0.717, 1.165) is 103 Å². The molecule has 2 unspecified atom stereocenters. The Kier molecular flexibility index (Phi) is 65.0. The highest BCUT2D eigenvalue weighted by atomic mass is 31.2. The second-order valence-electron chi connectivity index (χ2n) is 25.2. The Morgan fingerprint density at radius 3 is 0.909 bits per heavy atom. The summed E-state index contributed by atoms with van der Waals surface area (Å²) in [5, 5.41) is 0. The van der Waals surface area contributed by atoms with Crippen LogP contribution in [-0.2, 0) is 32.7 Å². The Hall–Kier alpha value is -3.59. The van der Waals surface area contributed by atoms with Gasteiger partial charge in [-0.3, -0.25) is 18.6 Å². The van der Waals surface area contributed by atoms with E-state index in [1.807, 2.05) is 21.1 Å². The number of hydrogen-bond acceptors (Lipinski definition) is 7. The minimum absolute atomic E-state index is 0.0283. The van der Waals surface area contributed by atoms with Crippen molar-refractivity contribution in [3.8, 4) is 0 Å². The van der Waals surface area contributed by atoms with Crippen molar-refractivity contribution in [3.63, 3.8) is 0 Å². The van der Waals surface area contributed by atoms with E-state index in [0.29, 0.717) is 17.4 Å². The van der Waals surface area contributed by atoms with Gasteiger partial charge in [0.25, 0.3) is 0 Å². The fraction of sp³-hybridized carbons (Fsp3) is 0.718. The molecule has 0 radical (unpaired) electrons. The van der Waals surface area contributed by atoms with Gasteiger partial charge in [0.15, 0.2) is 6.10 Å². The predicted octanol–water partition coefficient (Wildman–Crippen LogP) is 23.8. The van der Waals surface area contributed by atoms with Gasteiger partial charge in [-0.15, -0.1) is 0 Å². The topological polar surface area (TPSA) is 108 Å². The summed E-state index contributed by atoms with van der Waals surface area (Å²) in [5.74, 6) is -0.795.